The summed E-state index contributed by atoms with van der Waals surface area (Å²) in [6.45, 7) is 1.73. The number of hydrogen-bond donors (Lipinski definition) is 1. The molecular formula is C21H18F3N3O4S2. The van der Waals surface area contributed by atoms with Gasteiger partial charge in [0.2, 0.25) is 5.76 Å². The Kier molecular flexibility index (Phi) is 6.21. The van der Waals surface area contributed by atoms with Crippen molar-refractivity contribution in [1.29, 1.82) is 0 Å². The third-order valence-corrected chi connectivity index (χ3v) is 6.79. The van der Waals surface area contributed by atoms with Crippen LogP contribution in [0.2, 0.25) is 0 Å². The fourth-order valence-electron chi connectivity index (χ4n) is 3.06. The standard InChI is InChI=1S/C21H18F3N3O4S2/c1-2-19-27(13-18(31-19)21(22,23)24)14-3-5-15(6-4-14)30-16-7-9-17(10-8-16)33(28,29)26-20-25-11-12-32-20/h3-13,19H,2H2,1H3,(H,25,26). The summed E-state index contributed by atoms with van der Waals surface area (Å²) < 4.78 is 76.8. The quantitative estimate of drug-likeness (QED) is 0.450. The fourth-order valence-corrected chi connectivity index (χ4v) is 4.85. The molecule has 2 aromatic carbocycles. The van der Waals surface area contributed by atoms with E-state index in [1.165, 1.54) is 46.7 Å². The van der Waals surface area contributed by atoms with E-state index in [-0.39, 0.29) is 10.0 Å². The Balaban J connectivity index is 1.44. The molecule has 4 rings (SSSR count). The van der Waals surface area contributed by atoms with Crippen molar-refractivity contribution < 1.29 is 31.1 Å². The van der Waals surface area contributed by atoms with Crippen LogP contribution in [-0.4, -0.2) is 25.8 Å². The maximum absolute atomic E-state index is 13.0. The number of rotatable bonds is 7. The van der Waals surface area contributed by atoms with Crippen molar-refractivity contribution in [2.45, 2.75) is 30.6 Å². The second-order valence-electron chi connectivity index (χ2n) is 6.89. The van der Waals surface area contributed by atoms with E-state index in [2.05, 4.69) is 9.71 Å². The Hall–Kier alpha value is -3.25. The van der Waals surface area contributed by atoms with Gasteiger partial charge in [-0.25, -0.2) is 13.4 Å². The van der Waals surface area contributed by atoms with Crippen molar-refractivity contribution in [3.05, 3.63) is 72.1 Å². The molecule has 1 atom stereocenters. The molecule has 0 amide bonds. The van der Waals surface area contributed by atoms with E-state index in [1.54, 1.807) is 36.6 Å². The lowest BCUT2D eigenvalue weighted by atomic mass is 10.2. The minimum absolute atomic E-state index is 0.0484. The van der Waals surface area contributed by atoms with Crippen LogP contribution >= 0.6 is 11.3 Å². The number of anilines is 2. The van der Waals surface area contributed by atoms with Gasteiger partial charge in [-0.15, -0.1) is 11.3 Å². The van der Waals surface area contributed by atoms with Crippen LogP contribution in [0.3, 0.4) is 0 Å². The van der Waals surface area contributed by atoms with Gasteiger partial charge in [-0.3, -0.25) is 4.72 Å². The third kappa shape index (κ3) is 5.22. The number of nitrogens with one attached hydrogen (secondary N) is 1. The number of ether oxygens (including phenoxy) is 2. The highest BCUT2D eigenvalue weighted by Gasteiger charge is 2.42. The Morgan fingerprint density at radius 2 is 1.76 bits per heavy atom. The largest absolute Gasteiger partial charge is 0.464 e. The van der Waals surface area contributed by atoms with Crippen LogP contribution in [0.5, 0.6) is 11.5 Å². The highest BCUT2D eigenvalue weighted by molar-refractivity contribution is 7.93. The lowest BCUT2D eigenvalue weighted by molar-refractivity contribution is -0.133. The molecule has 1 aliphatic rings. The predicted octanol–water partition coefficient (Wildman–Crippen LogP) is 5.71. The molecule has 0 saturated carbocycles. The highest BCUT2D eigenvalue weighted by atomic mass is 32.2. The smallest absolute Gasteiger partial charge is 0.450 e. The molecule has 1 unspecified atom stereocenters. The van der Waals surface area contributed by atoms with Gasteiger partial charge < -0.3 is 14.4 Å². The Bertz CT molecular complexity index is 1230. The molecule has 1 aromatic heterocycles. The zero-order valence-electron chi connectivity index (χ0n) is 17.1. The van der Waals surface area contributed by atoms with E-state index in [1.807, 2.05) is 0 Å². The molecule has 2 heterocycles. The summed E-state index contributed by atoms with van der Waals surface area (Å²) in [5.74, 6) is -0.205. The first-order chi connectivity index (χ1) is 15.7. The molecule has 0 bridgehead atoms. The predicted molar refractivity (Wildman–Crippen MR) is 118 cm³/mol. The molecule has 174 valence electrons. The number of hydrogen-bond acceptors (Lipinski definition) is 7. The van der Waals surface area contributed by atoms with Crippen molar-refractivity contribution in [3.63, 3.8) is 0 Å². The van der Waals surface area contributed by atoms with Gasteiger partial charge in [0.05, 0.1) is 11.1 Å². The van der Waals surface area contributed by atoms with Crippen LogP contribution in [0.4, 0.5) is 24.0 Å². The summed E-state index contributed by atoms with van der Waals surface area (Å²) in [5.41, 5.74) is 0.517. The first-order valence-corrected chi connectivity index (χ1v) is 12.1. The maximum atomic E-state index is 13.0. The van der Waals surface area contributed by atoms with E-state index in [4.69, 9.17) is 9.47 Å². The van der Waals surface area contributed by atoms with Crippen LogP contribution in [-0.2, 0) is 14.8 Å². The van der Waals surface area contributed by atoms with Crippen molar-refractivity contribution in [2.75, 3.05) is 9.62 Å². The fraction of sp³-hybridized carbons (Fsp3) is 0.190. The van der Waals surface area contributed by atoms with Gasteiger partial charge in [0.1, 0.15) is 11.5 Å². The van der Waals surface area contributed by atoms with Crippen LogP contribution in [0.25, 0.3) is 0 Å². The number of alkyl halides is 3. The highest BCUT2D eigenvalue weighted by Crippen LogP contribution is 2.37. The van der Waals surface area contributed by atoms with E-state index >= 15 is 0 Å². The zero-order valence-corrected chi connectivity index (χ0v) is 18.7. The van der Waals surface area contributed by atoms with E-state index in [0.29, 0.717) is 23.6 Å². The molecule has 1 N–H and O–H groups in total. The Labute approximate surface area is 192 Å². The molecule has 0 aliphatic carbocycles. The van der Waals surface area contributed by atoms with Crippen molar-refractivity contribution in [1.82, 2.24) is 4.98 Å². The van der Waals surface area contributed by atoms with Crippen LogP contribution in [0.1, 0.15) is 13.3 Å². The second kappa shape index (κ2) is 8.94. The number of halogens is 3. The minimum Gasteiger partial charge on any atom is -0.464 e. The number of allylic oxidation sites excluding steroid dienone is 1. The number of aromatic nitrogens is 1. The Morgan fingerprint density at radius 1 is 1.12 bits per heavy atom. The topological polar surface area (TPSA) is 80.8 Å². The van der Waals surface area contributed by atoms with E-state index < -0.39 is 28.2 Å². The number of sulfonamides is 1. The lowest BCUT2D eigenvalue weighted by Crippen LogP contribution is -2.27. The summed E-state index contributed by atoms with van der Waals surface area (Å²) in [6, 6.07) is 12.3. The molecule has 0 radical (unpaired) electrons. The van der Waals surface area contributed by atoms with Crippen molar-refractivity contribution >= 4 is 32.2 Å². The van der Waals surface area contributed by atoms with Gasteiger partial charge in [-0.1, -0.05) is 6.92 Å². The molecule has 1 aliphatic heterocycles. The molecule has 0 saturated heterocycles. The number of nitrogens with zero attached hydrogens (tertiary/aromatic N) is 2. The summed E-state index contributed by atoms with van der Waals surface area (Å²) in [6.07, 6.45) is -2.50. The summed E-state index contributed by atoms with van der Waals surface area (Å²) >= 11 is 1.17. The molecule has 33 heavy (non-hydrogen) atoms. The van der Waals surface area contributed by atoms with Crippen LogP contribution in [0, 0.1) is 0 Å². The van der Waals surface area contributed by atoms with Gasteiger partial charge in [-0.2, -0.15) is 13.2 Å². The summed E-state index contributed by atoms with van der Waals surface area (Å²) in [7, 11) is -3.77. The maximum Gasteiger partial charge on any atom is 0.450 e. The van der Waals surface area contributed by atoms with Crippen molar-refractivity contribution in [2.24, 2.45) is 0 Å². The van der Waals surface area contributed by atoms with Gasteiger partial charge in [0, 0.05) is 23.7 Å². The van der Waals surface area contributed by atoms with E-state index in [0.717, 1.165) is 6.20 Å². The average Bonchev–Trinajstić information content (AvgIpc) is 3.44. The zero-order chi connectivity index (χ0) is 23.6. The minimum atomic E-state index is -4.55. The molecular weight excluding hydrogens is 479 g/mol. The monoisotopic (exact) mass is 497 g/mol. The molecule has 7 nitrogen and oxygen atoms in total. The lowest BCUT2D eigenvalue weighted by Gasteiger charge is -2.23. The average molecular weight is 498 g/mol. The third-order valence-electron chi connectivity index (χ3n) is 4.62. The molecule has 3 aromatic rings. The first-order valence-electron chi connectivity index (χ1n) is 9.70. The molecule has 0 spiro atoms. The van der Waals surface area contributed by atoms with Gasteiger partial charge in [0.15, 0.2) is 11.4 Å². The Morgan fingerprint density at radius 3 is 2.30 bits per heavy atom. The van der Waals surface area contributed by atoms with Crippen LogP contribution < -0.4 is 14.4 Å². The van der Waals surface area contributed by atoms with Crippen molar-refractivity contribution in [3.8, 4) is 11.5 Å². The second-order valence-corrected chi connectivity index (χ2v) is 9.47. The summed E-state index contributed by atoms with van der Waals surface area (Å²) in [5, 5.41) is 1.92. The summed E-state index contributed by atoms with van der Waals surface area (Å²) in [4.78, 5) is 5.36. The van der Waals surface area contributed by atoms with Gasteiger partial charge >= 0.3 is 6.18 Å². The van der Waals surface area contributed by atoms with E-state index in [9.17, 15) is 21.6 Å². The molecule has 12 heteroatoms. The van der Waals surface area contributed by atoms with Crippen LogP contribution in [0.15, 0.2) is 77.0 Å². The molecule has 0 fully saturated rings. The SMILES string of the molecule is CCC1OC(C(F)(F)F)=CN1c1ccc(Oc2ccc(S(=O)(=O)Nc3nccs3)cc2)cc1. The number of benzene rings is 2. The number of thiazole rings is 1. The van der Waals surface area contributed by atoms with Gasteiger partial charge in [0.25, 0.3) is 10.0 Å². The van der Waals surface area contributed by atoms with Gasteiger partial charge in [-0.05, 0) is 48.5 Å². The normalized spacial score (nSPS) is 16.3. The first kappa shape index (κ1) is 22.9.